The van der Waals surface area contributed by atoms with Crippen LogP contribution in [0.25, 0.3) is 22.2 Å². The van der Waals surface area contributed by atoms with Crippen LogP contribution in [0.4, 0.5) is 0 Å². The third kappa shape index (κ3) is 3.54. The van der Waals surface area contributed by atoms with Crippen LogP contribution in [0.1, 0.15) is 15.9 Å². The fraction of sp³-hybridized carbons (Fsp3) is 0.136. The Morgan fingerprint density at radius 1 is 0.828 bits per heavy atom. The molecule has 0 unspecified atom stereocenters. The van der Waals surface area contributed by atoms with Crippen LogP contribution in [-0.2, 0) is 0 Å². The van der Waals surface area contributed by atoms with Gasteiger partial charge in [-0.3, -0.25) is 4.79 Å². The first-order chi connectivity index (χ1) is 13.7. The lowest BCUT2D eigenvalue weighted by Gasteiger charge is -2.13. The minimum absolute atomic E-state index is 0. The maximum absolute atomic E-state index is 13.0. The first-order valence-corrected chi connectivity index (χ1v) is 8.76. The van der Waals surface area contributed by atoms with E-state index in [0.29, 0.717) is 28.4 Å². The maximum Gasteiger partial charge on any atom is 0.203 e. The second-order valence-corrected chi connectivity index (χ2v) is 6.29. The Balaban J connectivity index is 0.00000240. The number of H-pyrrole nitrogens is 2. The number of carbonyl (C=O) groups excluding carboxylic acids is 1. The van der Waals surface area contributed by atoms with Gasteiger partial charge >= 0.3 is 0 Å². The Morgan fingerprint density at radius 3 is 2.17 bits per heavy atom. The van der Waals surface area contributed by atoms with Gasteiger partial charge in [0.15, 0.2) is 17.3 Å². The van der Waals surface area contributed by atoms with Crippen molar-refractivity contribution in [1.29, 1.82) is 0 Å². The van der Waals surface area contributed by atoms with Gasteiger partial charge in [-0.05, 0) is 24.3 Å². The molecule has 0 saturated carbocycles. The normalized spacial score (nSPS) is 10.4. The first kappa shape index (κ1) is 20.4. The number of halogens is 1. The first-order valence-electron chi connectivity index (χ1n) is 8.76. The van der Waals surface area contributed by atoms with Crippen LogP contribution in [0, 0.1) is 0 Å². The van der Waals surface area contributed by atoms with Gasteiger partial charge < -0.3 is 24.2 Å². The molecule has 0 saturated heterocycles. The van der Waals surface area contributed by atoms with E-state index in [0.717, 1.165) is 22.2 Å². The molecule has 6 nitrogen and oxygen atoms in total. The zero-order valence-corrected chi connectivity index (χ0v) is 17.1. The van der Waals surface area contributed by atoms with Crippen molar-refractivity contribution in [1.82, 2.24) is 9.97 Å². The van der Waals surface area contributed by atoms with Crippen molar-refractivity contribution < 1.29 is 19.0 Å². The highest BCUT2D eigenvalue weighted by molar-refractivity contribution is 6.10. The van der Waals surface area contributed by atoms with Crippen molar-refractivity contribution in [3.05, 3.63) is 66.0 Å². The fourth-order valence-corrected chi connectivity index (χ4v) is 3.35. The highest BCUT2D eigenvalue weighted by Gasteiger charge is 2.19. The van der Waals surface area contributed by atoms with Gasteiger partial charge in [-0.2, -0.15) is 0 Å². The third-order valence-electron chi connectivity index (χ3n) is 4.75. The number of hydrogen-bond acceptors (Lipinski definition) is 4. The molecule has 2 heterocycles. The van der Waals surface area contributed by atoms with E-state index in [1.54, 1.807) is 18.3 Å². The van der Waals surface area contributed by atoms with Crippen molar-refractivity contribution in [2.75, 3.05) is 21.3 Å². The number of benzene rings is 2. The van der Waals surface area contributed by atoms with E-state index in [9.17, 15) is 4.79 Å². The summed E-state index contributed by atoms with van der Waals surface area (Å²) in [4.78, 5) is 19.5. The number of para-hydroxylation sites is 1. The number of aromatic nitrogens is 2. The molecule has 0 amide bonds. The zero-order valence-electron chi connectivity index (χ0n) is 16.2. The van der Waals surface area contributed by atoms with E-state index in [2.05, 4.69) is 9.97 Å². The molecular formula is C22H21ClN2O4. The lowest BCUT2D eigenvalue weighted by atomic mass is 10.0. The number of rotatable bonds is 6. The molecule has 4 aromatic rings. The molecule has 2 aromatic heterocycles. The molecule has 2 aromatic carbocycles. The summed E-state index contributed by atoms with van der Waals surface area (Å²) in [6.07, 6.45) is 3.65. The number of hydrogen-bond donors (Lipinski definition) is 2. The van der Waals surface area contributed by atoms with Gasteiger partial charge in [-0.1, -0.05) is 18.2 Å². The van der Waals surface area contributed by atoms with Crippen LogP contribution in [0.15, 0.2) is 54.9 Å². The number of methoxy groups -OCH3 is 3. The number of ether oxygens (including phenoxy) is 3. The van der Waals surface area contributed by atoms with Gasteiger partial charge in [0.2, 0.25) is 5.75 Å². The lowest BCUT2D eigenvalue weighted by Crippen LogP contribution is -2.03. The third-order valence-corrected chi connectivity index (χ3v) is 4.75. The van der Waals surface area contributed by atoms with E-state index in [1.807, 2.05) is 36.5 Å². The monoisotopic (exact) mass is 412 g/mol. The second-order valence-electron chi connectivity index (χ2n) is 6.29. The van der Waals surface area contributed by atoms with Crippen LogP contribution in [-0.4, -0.2) is 37.1 Å². The molecule has 0 aliphatic carbocycles. The summed E-state index contributed by atoms with van der Waals surface area (Å²) in [5, 5.41) is 1.09. The number of carbonyl (C=O) groups is 1. The largest absolute Gasteiger partial charge is 0.493 e. The number of fused-ring (bicyclic) bond motifs is 1. The number of nitrogens with one attached hydrogen (secondary N) is 2. The van der Waals surface area contributed by atoms with Gasteiger partial charge in [0, 0.05) is 45.7 Å². The Morgan fingerprint density at radius 2 is 1.52 bits per heavy atom. The van der Waals surface area contributed by atoms with Crippen molar-refractivity contribution in [2.45, 2.75) is 0 Å². The van der Waals surface area contributed by atoms with Gasteiger partial charge in [-0.25, -0.2) is 0 Å². The van der Waals surface area contributed by atoms with Crippen molar-refractivity contribution in [2.24, 2.45) is 0 Å². The molecule has 0 aliphatic heterocycles. The molecule has 4 rings (SSSR count). The Hall–Kier alpha value is -3.38. The van der Waals surface area contributed by atoms with E-state index >= 15 is 0 Å². The SMILES string of the molecule is COc1cc(C(=O)c2c[nH]c(-c3c[nH]c4ccccc34)c2)cc(OC)c1OC.Cl. The number of aromatic amines is 2. The molecule has 2 N–H and O–H groups in total. The molecule has 0 bridgehead atoms. The topological polar surface area (TPSA) is 76.3 Å². The minimum Gasteiger partial charge on any atom is -0.493 e. The van der Waals surface area contributed by atoms with Gasteiger partial charge in [0.1, 0.15) is 0 Å². The van der Waals surface area contributed by atoms with Crippen LogP contribution >= 0.6 is 12.4 Å². The fourth-order valence-electron chi connectivity index (χ4n) is 3.35. The summed E-state index contributed by atoms with van der Waals surface area (Å²) in [5.74, 6) is 1.20. The maximum atomic E-state index is 13.0. The zero-order chi connectivity index (χ0) is 19.7. The number of ketones is 1. The van der Waals surface area contributed by atoms with Crippen LogP contribution in [0.5, 0.6) is 17.2 Å². The summed E-state index contributed by atoms with van der Waals surface area (Å²) in [6.45, 7) is 0. The predicted octanol–water partition coefficient (Wildman–Crippen LogP) is 4.84. The summed E-state index contributed by atoms with van der Waals surface area (Å²) < 4.78 is 16.0. The Labute approximate surface area is 174 Å². The smallest absolute Gasteiger partial charge is 0.203 e. The van der Waals surface area contributed by atoms with Crippen LogP contribution in [0.2, 0.25) is 0 Å². The molecule has 0 atom stereocenters. The molecule has 0 fully saturated rings. The Bertz CT molecular complexity index is 1140. The molecule has 0 spiro atoms. The highest BCUT2D eigenvalue weighted by Crippen LogP contribution is 2.39. The van der Waals surface area contributed by atoms with Crippen molar-refractivity contribution >= 4 is 29.1 Å². The van der Waals surface area contributed by atoms with Gasteiger partial charge in [0.05, 0.1) is 21.3 Å². The molecular weight excluding hydrogens is 392 g/mol. The van der Waals surface area contributed by atoms with E-state index in [1.165, 1.54) is 21.3 Å². The average molecular weight is 413 g/mol. The molecule has 29 heavy (non-hydrogen) atoms. The Kier molecular flexibility index (Phi) is 5.84. The lowest BCUT2D eigenvalue weighted by molar-refractivity contribution is 0.103. The van der Waals surface area contributed by atoms with E-state index < -0.39 is 0 Å². The summed E-state index contributed by atoms with van der Waals surface area (Å²) in [7, 11) is 4.58. The molecule has 150 valence electrons. The van der Waals surface area contributed by atoms with Crippen LogP contribution in [0.3, 0.4) is 0 Å². The minimum atomic E-state index is -0.137. The summed E-state index contributed by atoms with van der Waals surface area (Å²) in [5.41, 5.74) is 3.94. The van der Waals surface area contributed by atoms with E-state index in [-0.39, 0.29) is 18.2 Å². The molecule has 0 radical (unpaired) electrons. The quantitative estimate of drug-likeness (QED) is 0.444. The molecule has 0 aliphatic rings. The molecule has 7 heteroatoms. The summed E-state index contributed by atoms with van der Waals surface area (Å²) >= 11 is 0. The van der Waals surface area contributed by atoms with Crippen molar-refractivity contribution in [3.8, 4) is 28.5 Å². The van der Waals surface area contributed by atoms with E-state index in [4.69, 9.17) is 14.2 Å². The highest BCUT2D eigenvalue weighted by atomic mass is 35.5. The van der Waals surface area contributed by atoms with Crippen LogP contribution < -0.4 is 14.2 Å². The average Bonchev–Trinajstić information content (AvgIpc) is 3.38. The summed E-state index contributed by atoms with van der Waals surface area (Å²) in [6, 6.07) is 13.2. The standard InChI is InChI=1S/C22H20N2O4.ClH/c1-26-19-9-13(10-20(27-2)22(19)28-3)21(25)14-8-18(23-11-14)16-12-24-17-7-5-4-6-15(16)17;/h4-12,23-24H,1-3H3;1H. The van der Waals surface area contributed by atoms with Gasteiger partial charge in [0.25, 0.3) is 0 Å². The van der Waals surface area contributed by atoms with Crippen molar-refractivity contribution in [3.63, 3.8) is 0 Å². The predicted molar refractivity (Wildman–Crippen MR) is 115 cm³/mol. The second kappa shape index (κ2) is 8.32. The van der Waals surface area contributed by atoms with Gasteiger partial charge in [-0.15, -0.1) is 12.4 Å².